The lowest BCUT2D eigenvalue weighted by Gasteiger charge is -2.13. The molecule has 0 unspecified atom stereocenters. The molecule has 158 valence electrons. The number of anilines is 3. The molecule has 0 aromatic carbocycles. The largest absolute Gasteiger partial charge is 0.352 e. The van der Waals surface area contributed by atoms with Gasteiger partial charge in [0.2, 0.25) is 11.9 Å². The van der Waals surface area contributed by atoms with Crippen molar-refractivity contribution in [3.05, 3.63) is 47.9 Å². The zero-order valence-electron chi connectivity index (χ0n) is 16.4. The van der Waals surface area contributed by atoms with Crippen LogP contribution in [0.4, 0.5) is 35.1 Å². The van der Waals surface area contributed by atoms with E-state index in [0.29, 0.717) is 0 Å². The van der Waals surface area contributed by atoms with Crippen LogP contribution in [0.3, 0.4) is 0 Å². The highest BCUT2D eigenvalue weighted by molar-refractivity contribution is 5.59. The highest BCUT2D eigenvalue weighted by Crippen LogP contribution is 2.27. The van der Waals surface area contributed by atoms with Crippen LogP contribution in [0.25, 0.3) is 11.5 Å². The van der Waals surface area contributed by atoms with Crippen LogP contribution in [0.15, 0.2) is 36.5 Å². The molecule has 3 rings (SSSR count). The minimum absolute atomic E-state index is 0.0290. The molecule has 0 bridgehead atoms. The lowest BCUT2D eigenvalue weighted by atomic mass is 10.2. The number of nitrogens with one attached hydrogen (secondary N) is 2. The molecule has 0 aliphatic carbocycles. The van der Waals surface area contributed by atoms with E-state index in [1.165, 1.54) is 36.5 Å². The Balaban J connectivity index is 2.02. The van der Waals surface area contributed by atoms with Gasteiger partial charge in [-0.05, 0) is 38.1 Å². The van der Waals surface area contributed by atoms with Crippen LogP contribution in [0, 0.1) is 0 Å². The van der Waals surface area contributed by atoms with Crippen molar-refractivity contribution in [3.8, 4) is 11.5 Å². The van der Waals surface area contributed by atoms with E-state index in [-0.39, 0.29) is 35.1 Å². The van der Waals surface area contributed by atoms with Crippen molar-refractivity contribution in [2.75, 3.05) is 10.6 Å². The highest BCUT2D eigenvalue weighted by atomic mass is 19.3. The quantitative estimate of drug-likeness (QED) is 0.522. The third kappa shape index (κ3) is 5.37. The molecule has 0 radical (unpaired) electrons. The molecule has 30 heavy (non-hydrogen) atoms. The smallest absolute Gasteiger partial charge is 0.286 e. The molecule has 11 heteroatoms. The van der Waals surface area contributed by atoms with E-state index in [1.807, 2.05) is 13.8 Å². The first kappa shape index (κ1) is 21.3. The summed E-state index contributed by atoms with van der Waals surface area (Å²) in [5.74, 6) is -2.88. The van der Waals surface area contributed by atoms with E-state index >= 15 is 0 Å². The second-order valence-corrected chi connectivity index (χ2v) is 6.80. The van der Waals surface area contributed by atoms with Crippen LogP contribution in [-0.2, 0) is 5.92 Å². The van der Waals surface area contributed by atoms with Gasteiger partial charge in [0.05, 0.1) is 0 Å². The van der Waals surface area contributed by atoms with Gasteiger partial charge in [0.15, 0.2) is 5.82 Å². The molecule has 0 spiro atoms. The van der Waals surface area contributed by atoms with Gasteiger partial charge in [0, 0.05) is 24.8 Å². The number of nitrogens with zero attached hydrogens (tertiary/aromatic N) is 5. The SMILES string of the molecule is CC(C)Nc1nc(Nc2ccnc(C(F)F)c2)nc(-c2cccc(C(C)(F)F)n2)n1. The maximum Gasteiger partial charge on any atom is 0.286 e. The Kier molecular flexibility index (Phi) is 6.09. The molecule has 0 aliphatic rings. The number of halogens is 4. The molecule has 3 aromatic heterocycles. The van der Waals surface area contributed by atoms with Gasteiger partial charge >= 0.3 is 0 Å². The van der Waals surface area contributed by atoms with Crippen LogP contribution >= 0.6 is 0 Å². The summed E-state index contributed by atoms with van der Waals surface area (Å²) < 4.78 is 53.1. The van der Waals surface area contributed by atoms with E-state index < -0.39 is 23.7 Å². The Bertz CT molecular complexity index is 1020. The zero-order chi connectivity index (χ0) is 21.9. The summed E-state index contributed by atoms with van der Waals surface area (Å²) in [7, 11) is 0. The average Bonchev–Trinajstić information content (AvgIpc) is 2.67. The fourth-order valence-corrected chi connectivity index (χ4v) is 2.45. The Hall–Kier alpha value is -3.37. The normalized spacial score (nSPS) is 11.8. The van der Waals surface area contributed by atoms with Gasteiger partial charge in [0.25, 0.3) is 12.3 Å². The molecule has 0 fully saturated rings. The van der Waals surface area contributed by atoms with E-state index in [4.69, 9.17) is 0 Å². The van der Waals surface area contributed by atoms with Crippen LogP contribution < -0.4 is 10.6 Å². The molecule has 0 saturated heterocycles. The standard InChI is InChI=1S/C19H19F4N7/c1-10(2)25-17-28-16(12-5-4-6-14(27-12)19(3,22)23)29-18(30-17)26-11-7-8-24-13(9-11)15(20)21/h4-10,15H,1-3H3,(H2,24,25,26,28,29,30). The van der Waals surface area contributed by atoms with Crippen LogP contribution in [0.1, 0.15) is 38.6 Å². The lowest BCUT2D eigenvalue weighted by Crippen LogP contribution is -2.15. The molecule has 3 aromatic rings. The Morgan fingerprint density at radius 3 is 2.37 bits per heavy atom. The second kappa shape index (κ2) is 8.56. The number of alkyl halides is 4. The number of hydrogen-bond acceptors (Lipinski definition) is 7. The topological polar surface area (TPSA) is 88.5 Å². The van der Waals surface area contributed by atoms with Gasteiger partial charge in [-0.25, -0.2) is 13.8 Å². The van der Waals surface area contributed by atoms with Gasteiger partial charge in [-0.3, -0.25) is 4.98 Å². The summed E-state index contributed by atoms with van der Waals surface area (Å²) >= 11 is 0. The van der Waals surface area contributed by atoms with Crippen LogP contribution in [0.2, 0.25) is 0 Å². The van der Waals surface area contributed by atoms with Gasteiger partial charge in [-0.15, -0.1) is 0 Å². The van der Waals surface area contributed by atoms with Gasteiger partial charge < -0.3 is 10.6 Å². The van der Waals surface area contributed by atoms with Crippen molar-refractivity contribution in [2.45, 2.75) is 39.2 Å². The fourth-order valence-electron chi connectivity index (χ4n) is 2.45. The van der Waals surface area contributed by atoms with E-state index in [1.54, 1.807) is 0 Å². The monoisotopic (exact) mass is 421 g/mol. The molecule has 2 N–H and O–H groups in total. The number of aromatic nitrogens is 5. The first-order valence-corrected chi connectivity index (χ1v) is 9.01. The molecular formula is C19H19F4N7. The second-order valence-electron chi connectivity index (χ2n) is 6.80. The molecule has 0 aliphatic heterocycles. The maximum absolute atomic E-state index is 13.7. The summed E-state index contributed by atoms with van der Waals surface area (Å²) in [4.78, 5) is 20.2. The third-order valence-electron chi connectivity index (χ3n) is 3.74. The maximum atomic E-state index is 13.7. The lowest BCUT2D eigenvalue weighted by molar-refractivity contribution is 0.0129. The van der Waals surface area contributed by atoms with Crippen molar-refractivity contribution in [1.29, 1.82) is 0 Å². The molecule has 0 saturated carbocycles. The number of rotatable bonds is 7. The average molecular weight is 421 g/mol. The van der Waals surface area contributed by atoms with E-state index in [0.717, 1.165) is 6.92 Å². The van der Waals surface area contributed by atoms with Crippen molar-refractivity contribution in [1.82, 2.24) is 24.9 Å². The van der Waals surface area contributed by atoms with Gasteiger partial charge in [0.1, 0.15) is 17.1 Å². The van der Waals surface area contributed by atoms with Crippen molar-refractivity contribution < 1.29 is 17.6 Å². The summed E-state index contributed by atoms with van der Waals surface area (Å²) in [5, 5.41) is 5.82. The minimum Gasteiger partial charge on any atom is -0.352 e. The van der Waals surface area contributed by atoms with Crippen molar-refractivity contribution in [3.63, 3.8) is 0 Å². The Labute approximate surface area is 170 Å². The minimum atomic E-state index is -3.13. The number of pyridine rings is 2. The fraction of sp³-hybridized carbons (Fsp3) is 0.316. The summed E-state index contributed by atoms with van der Waals surface area (Å²) in [6.45, 7) is 4.48. The van der Waals surface area contributed by atoms with Crippen LogP contribution in [-0.4, -0.2) is 31.0 Å². The van der Waals surface area contributed by atoms with Crippen molar-refractivity contribution in [2.24, 2.45) is 0 Å². The van der Waals surface area contributed by atoms with E-state index in [9.17, 15) is 17.6 Å². The first-order chi connectivity index (χ1) is 14.1. The Morgan fingerprint density at radius 1 is 0.967 bits per heavy atom. The van der Waals surface area contributed by atoms with Gasteiger partial charge in [-0.2, -0.15) is 23.7 Å². The Morgan fingerprint density at radius 2 is 1.70 bits per heavy atom. The predicted octanol–water partition coefficient (Wildman–Crippen LogP) is 4.94. The molecule has 7 nitrogen and oxygen atoms in total. The van der Waals surface area contributed by atoms with Crippen LogP contribution in [0.5, 0.6) is 0 Å². The summed E-state index contributed by atoms with van der Waals surface area (Å²) in [6, 6.07) is 6.74. The van der Waals surface area contributed by atoms with E-state index in [2.05, 4.69) is 35.6 Å². The molecular weight excluding hydrogens is 402 g/mol. The van der Waals surface area contributed by atoms with Gasteiger partial charge in [-0.1, -0.05) is 6.07 Å². The molecule has 3 heterocycles. The first-order valence-electron chi connectivity index (χ1n) is 9.01. The summed E-state index contributed by atoms with van der Waals surface area (Å²) in [5.41, 5.74) is -0.428. The van der Waals surface area contributed by atoms with Crippen molar-refractivity contribution >= 4 is 17.6 Å². The third-order valence-corrected chi connectivity index (χ3v) is 3.74. The molecule has 0 atom stereocenters. The molecule has 0 amide bonds. The predicted molar refractivity (Wildman–Crippen MR) is 104 cm³/mol. The summed E-state index contributed by atoms with van der Waals surface area (Å²) in [6.07, 6.45) is -1.51. The zero-order valence-corrected chi connectivity index (χ0v) is 16.4. The highest BCUT2D eigenvalue weighted by Gasteiger charge is 2.26. The number of hydrogen-bond donors (Lipinski definition) is 2.